The van der Waals surface area contributed by atoms with Gasteiger partial charge in [-0.3, -0.25) is 14.4 Å². The highest BCUT2D eigenvalue weighted by Crippen LogP contribution is 2.65. The average molecular weight is 1900 g/mol. The molecule has 0 aromatic heterocycles. The van der Waals surface area contributed by atoms with E-state index in [0.717, 1.165) is 0 Å². The Balaban J connectivity index is 0.774. The highest BCUT2D eigenvalue weighted by atomic mass is 16.8. The number of allylic oxidation sites excluding steroid dienone is 1. The molecule has 0 saturated carbocycles. The summed E-state index contributed by atoms with van der Waals surface area (Å²) in [6.45, 7) is -3.34. The summed E-state index contributed by atoms with van der Waals surface area (Å²) in [5, 5.41) is 265. The van der Waals surface area contributed by atoms with Crippen molar-refractivity contribution in [3.8, 4) is 120 Å². The predicted molar refractivity (Wildman–Crippen MR) is 400 cm³/mol. The second kappa shape index (κ2) is 28.9. The lowest BCUT2D eigenvalue weighted by molar-refractivity contribution is -0.380. The second-order valence-electron chi connectivity index (χ2n) is 32.2. The number of ether oxygens (including phenoxy) is 18. The Kier molecular flexibility index (Phi) is 18.5. The van der Waals surface area contributed by atoms with Gasteiger partial charge < -0.3 is 203 Å². The first-order valence-corrected chi connectivity index (χ1v) is 38.9. The Morgan fingerprint density at radius 1 is 0.382 bits per heavy atom. The van der Waals surface area contributed by atoms with Crippen LogP contribution >= 0.6 is 0 Å². The molecule has 0 unspecified atom stereocenters. The van der Waals surface area contributed by atoms with Gasteiger partial charge in [-0.2, -0.15) is 0 Å². The van der Waals surface area contributed by atoms with Gasteiger partial charge in [0.1, 0.15) is 42.8 Å². The standard InChI is InChI=1S/C82H54O54/c83-25-1-15(2-26(84)45(25)94)65(101)127-60-54-35(14-120-68(104)21-10-36(91)79(115)77(111,112)43(21)41-18(70(106)125-54)6-31(89)49(98)57(41)133-79)123-76-62(60)130-73(109)23-8-29(87)47(96)51(100)52(23)121-33-9-20-40-39-17(5-30(88)48(97)56(39)135-81(117)38(93)12-24(74(110)132-76)64-82(81,118)136-59(40)53(33)124-64)69(105)128-61-55-34(13-119-67(20)103)122-75(131-66(102)16-3-27(85)46(95)28(86)4-16)63(61)129-71(107)19-7-32(90)50(99)58-42(19)44-22(72(108)126-55)11-37(92)80(116,134-58)78(44,113)114/h1-12,32,34-35,42-44,54-55,60-64,75-76,83-90,94-100,111-118H,13-14H2/t32-,34-,35-,42+,43-,44+,54+,55-,60-,61-,62+,63+,64-,75+,76+,79-,80+,81+,82+/m1/s1. The van der Waals surface area contributed by atoms with Crippen molar-refractivity contribution in [2.45, 2.75) is 114 Å². The zero-order chi connectivity index (χ0) is 97.4. The number of phenols is 13. The fourth-order valence-corrected chi connectivity index (χ4v) is 17.9. The van der Waals surface area contributed by atoms with Gasteiger partial charge in [0.2, 0.25) is 82.8 Å². The Bertz CT molecular complexity index is 6790. The third-order valence-corrected chi connectivity index (χ3v) is 24.5. The van der Waals surface area contributed by atoms with Crippen LogP contribution in [0, 0.1) is 11.8 Å². The molecule has 6 aromatic rings. The molecule has 20 rings (SSSR count). The minimum absolute atomic E-state index is 0.0675. The van der Waals surface area contributed by atoms with E-state index in [-0.39, 0.29) is 36.4 Å². The average Bonchev–Trinajstić information content (AvgIpc) is 0.869. The molecule has 4 fully saturated rings. The minimum atomic E-state index is -4.56. The van der Waals surface area contributed by atoms with E-state index in [1.807, 2.05) is 0 Å². The number of rotatable bonds is 4. The molecule has 54 nitrogen and oxygen atoms in total. The van der Waals surface area contributed by atoms with Crippen LogP contribution in [0.5, 0.6) is 109 Å². The Morgan fingerprint density at radius 2 is 0.868 bits per heavy atom. The minimum Gasteiger partial charge on any atom is -0.506 e. The van der Waals surface area contributed by atoms with Gasteiger partial charge >= 0.3 is 82.8 Å². The molecule has 12 bridgehead atoms. The number of phenolic OH excluding ortho intramolecular Hbond substituents is 13. The number of esters is 10. The summed E-state index contributed by atoms with van der Waals surface area (Å²) in [5.41, 5.74) is -17.2. The van der Waals surface area contributed by atoms with Gasteiger partial charge in [-0.15, -0.1) is 0 Å². The number of carbonyl (C=O) groups is 13. The number of hydrogen-bond donors (Lipinski definition) is 23. The number of aliphatic hydroxyl groups excluding tert-OH is 2. The van der Waals surface area contributed by atoms with Crippen molar-refractivity contribution in [1.82, 2.24) is 0 Å². The van der Waals surface area contributed by atoms with E-state index in [2.05, 4.69) is 0 Å². The van der Waals surface area contributed by atoms with E-state index in [4.69, 9.17) is 85.3 Å². The molecule has 0 radical (unpaired) electrons. The lowest BCUT2D eigenvalue weighted by Gasteiger charge is -2.53. The summed E-state index contributed by atoms with van der Waals surface area (Å²) >= 11 is 0. The number of aromatic hydroxyl groups is 13. The summed E-state index contributed by atoms with van der Waals surface area (Å²) in [7, 11) is 0. The van der Waals surface area contributed by atoms with Crippen LogP contribution in [0.15, 0.2) is 107 Å². The number of carbonyl (C=O) groups excluding carboxylic acids is 13. The highest BCUT2D eigenvalue weighted by Gasteiger charge is 2.77. The van der Waals surface area contributed by atoms with E-state index in [1.54, 1.807) is 0 Å². The molecule has 23 N–H and O–H groups in total. The van der Waals surface area contributed by atoms with Crippen molar-refractivity contribution in [2.24, 2.45) is 11.8 Å². The summed E-state index contributed by atoms with van der Waals surface area (Å²) in [6, 6.07) is 2.53. The largest absolute Gasteiger partial charge is 0.506 e. The van der Waals surface area contributed by atoms with Crippen molar-refractivity contribution >= 4 is 77.0 Å². The molecule has 14 aliphatic rings. The number of aliphatic hydroxyl groups is 10. The van der Waals surface area contributed by atoms with Gasteiger partial charge in [-0.25, -0.2) is 47.9 Å². The summed E-state index contributed by atoms with van der Waals surface area (Å²) in [6.07, 6.45) is -34.0. The second-order valence-corrected chi connectivity index (χ2v) is 32.2. The van der Waals surface area contributed by atoms with Crippen LogP contribution < -0.4 is 23.7 Å². The topological polar surface area (TPSA) is 853 Å². The van der Waals surface area contributed by atoms with E-state index < -0.39 is 409 Å². The summed E-state index contributed by atoms with van der Waals surface area (Å²) < 4.78 is 106. The first kappa shape index (κ1) is 87.3. The number of ketones is 3. The molecule has 706 valence electrons. The first-order valence-electron chi connectivity index (χ1n) is 38.9. The normalized spacial score (nSPS) is 31.4. The molecule has 0 amide bonds. The molecule has 10 aliphatic heterocycles. The van der Waals surface area contributed by atoms with Gasteiger partial charge in [0.15, 0.2) is 111 Å². The fourth-order valence-electron chi connectivity index (χ4n) is 17.9. The van der Waals surface area contributed by atoms with Crippen molar-refractivity contribution in [3.05, 3.63) is 146 Å². The van der Waals surface area contributed by atoms with Crippen LogP contribution in [0.25, 0.3) is 11.1 Å². The third-order valence-electron chi connectivity index (χ3n) is 24.5. The summed E-state index contributed by atoms with van der Waals surface area (Å²) in [4.78, 5) is 197. The third kappa shape index (κ3) is 12.0. The van der Waals surface area contributed by atoms with Crippen molar-refractivity contribution in [3.63, 3.8) is 0 Å². The quantitative estimate of drug-likeness (QED) is 0.0341. The maximum Gasteiger partial charge on any atom is 0.344 e. The Hall–Kier alpha value is -16.7. The van der Waals surface area contributed by atoms with E-state index in [1.165, 1.54) is 0 Å². The molecule has 4 aliphatic carbocycles. The molecular weight excluding hydrogens is 1850 g/mol. The lowest BCUT2D eigenvalue weighted by atomic mass is 9.64. The monoisotopic (exact) mass is 1900 g/mol. The number of cyclic esters (lactones) is 2. The van der Waals surface area contributed by atoms with E-state index in [9.17, 15) is 141 Å². The molecule has 54 heteroatoms. The maximum atomic E-state index is 16.2. The van der Waals surface area contributed by atoms with Crippen molar-refractivity contribution in [1.29, 1.82) is 0 Å². The molecule has 0 spiro atoms. The van der Waals surface area contributed by atoms with Gasteiger partial charge in [0.05, 0.1) is 62.3 Å². The van der Waals surface area contributed by atoms with Gasteiger partial charge in [-0.05, 0) is 54.6 Å². The van der Waals surface area contributed by atoms with Crippen LogP contribution in [-0.2, 0) is 95.1 Å². The molecule has 136 heavy (non-hydrogen) atoms. The van der Waals surface area contributed by atoms with Gasteiger partial charge in [0, 0.05) is 40.5 Å². The molecule has 10 heterocycles. The van der Waals surface area contributed by atoms with E-state index in [0.29, 0.717) is 36.4 Å². The van der Waals surface area contributed by atoms with Crippen LogP contribution in [-0.4, -0.2) is 316 Å². The first-order chi connectivity index (χ1) is 63.9. The Morgan fingerprint density at radius 3 is 1.52 bits per heavy atom. The zero-order valence-corrected chi connectivity index (χ0v) is 66.4. The lowest BCUT2D eigenvalue weighted by Crippen LogP contribution is -2.76. The Labute approximate surface area is 744 Å². The van der Waals surface area contributed by atoms with E-state index >= 15 is 38.4 Å². The maximum absolute atomic E-state index is 16.2. The van der Waals surface area contributed by atoms with Gasteiger partial charge in [0.25, 0.3) is 5.79 Å². The van der Waals surface area contributed by atoms with Crippen molar-refractivity contribution < 1.29 is 265 Å². The van der Waals surface area contributed by atoms with Crippen LogP contribution in [0.3, 0.4) is 0 Å². The number of benzene rings is 6. The molecular formula is C82H54O54. The van der Waals surface area contributed by atoms with Crippen LogP contribution in [0.4, 0.5) is 0 Å². The smallest absolute Gasteiger partial charge is 0.344 e. The number of fused-ring (bicyclic) bond motifs is 5. The predicted octanol–water partition coefficient (Wildman–Crippen LogP) is -4.77. The fraction of sp³-hybridized carbons (Fsp3) is 0.280. The summed E-state index contributed by atoms with van der Waals surface area (Å²) in [5.74, 6) is -91.2. The highest BCUT2D eigenvalue weighted by molar-refractivity contribution is 6.13. The number of hydrogen-bond acceptors (Lipinski definition) is 54. The molecule has 4 saturated heterocycles. The SMILES string of the molecule is O=C1O[C@@H]2[C@H](OC(=O)c3cc(O)c(O)c(O)c3)O[C@@H]3COC(=O)c4cc5c6c7c4-c4c(cc(O)c(O)c4O[C@@]4(O)C(=O)C=C(C(=O)O[C@@H]8O[C@@H]9COC(=O)C%10=CC(=O)[C@@]%11(O)Oc%12c(O)c(O)cc(c%12[C@@H]%10C%11(O)O)C(=O)O[C@@H]9[C@@H](OC(=O)c9cc(O)c(O)c(O)c9)[C@@H]8OC(=O)c8cc(O)c(O)c(O)c8O5)[C@@H](O6)[C@]4(O)O7)C(=O)O[C@@H]2[C@@H]3OC(=O)C2=CC(=O)[C@]3(O)OC4=C(O)[C@H](O)C=C1[C@H]4[C@H]2C3(O)O. The molecule has 6 aromatic carbocycles. The van der Waals surface area contributed by atoms with Crippen LogP contribution in [0.2, 0.25) is 0 Å². The van der Waals surface area contributed by atoms with Gasteiger partial charge in [-0.1, -0.05) is 0 Å². The van der Waals surface area contributed by atoms with Crippen LogP contribution in [0.1, 0.15) is 73.6 Å². The molecule has 19 atom stereocenters. The zero-order valence-electron chi connectivity index (χ0n) is 66.4. The van der Waals surface area contributed by atoms with Crippen molar-refractivity contribution in [2.75, 3.05) is 13.2 Å².